The first-order chi connectivity index (χ1) is 8.31. The van der Waals surface area contributed by atoms with E-state index in [9.17, 15) is 4.39 Å². The summed E-state index contributed by atoms with van der Waals surface area (Å²) in [6.45, 7) is 0. The molecule has 2 aliphatic rings. The van der Waals surface area contributed by atoms with E-state index in [4.69, 9.17) is 0 Å². The number of benzene rings is 1. The fourth-order valence-corrected chi connectivity index (χ4v) is 3.17. The molecule has 1 aromatic carbocycles. The van der Waals surface area contributed by atoms with Crippen LogP contribution < -0.4 is 5.32 Å². The van der Waals surface area contributed by atoms with Crippen LogP contribution in [-0.4, -0.2) is 6.04 Å². The molecule has 0 spiro atoms. The summed E-state index contributed by atoms with van der Waals surface area (Å²) in [5.74, 6) is 1.78. The van der Waals surface area contributed by atoms with Gasteiger partial charge in [-0.15, -0.1) is 0 Å². The lowest BCUT2D eigenvalue weighted by Crippen LogP contribution is -2.28. The van der Waals surface area contributed by atoms with Crippen molar-refractivity contribution in [1.29, 1.82) is 0 Å². The molecule has 92 valence electrons. The van der Waals surface area contributed by atoms with Crippen LogP contribution in [-0.2, 0) is 0 Å². The molecule has 3 rings (SSSR count). The first-order valence-electron chi connectivity index (χ1n) is 6.83. The summed E-state index contributed by atoms with van der Waals surface area (Å²) in [5.41, 5.74) is 0.937. The van der Waals surface area contributed by atoms with Gasteiger partial charge in [-0.05, 0) is 55.7 Å². The SMILES string of the molecule is Fc1cccc(NC2CCCC(C3CC3)C2)c1. The zero-order valence-electron chi connectivity index (χ0n) is 10.2. The minimum Gasteiger partial charge on any atom is -0.382 e. The van der Waals surface area contributed by atoms with Crippen LogP contribution in [0.5, 0.6) is 0 Å². The van der Waals surface area contributed by atoms with E-state index < -0.39 is 0 Å². The van der Waals surface area contributed by atoms with Crippen LogP contribution in [0.1, 0.15) is 38.5 Å². The molecule has 2 atom stereocenters. The van der Waals surface area contributed by atoms with Crippen LogP contribution >= 0.6 is 0 Å². The molecular formula is C15H20FN. The second-order valence-electron chi connectivity index (χ2n) is 5.62. The molecule has 1 aromatic rings. The maximum atomic E-state index is 13.1. The molecule has 17 heavy (non-hydrogen) atoms. The Labute approximate surface area is 102 Å². The maximum absolute atomic E-state index is 13.1. The molecular weight excluding hydrogens is 213 g/mol. The van der Waals surface area contributed by atoms with E-state index in [2.05, 4.69) is 5.32 Å². The summed E-state index contributed by atoms with van der Waals surface area (Å²) in [4.78, 5) is 0. The van der Waals surface area contributed by atoms with Gasteiger partial charge in [0.2, 0.25) is 0 Å². The third-order valence-corrected chi connectivity index (χ3v) is 4.20. The Morgan fingerprint density at radius 3 is 2.71 bits per heavy atom. The van der Waals surface area contributed by atoms with Crippen molar-refractivity contribution in [2.75, 3.05) is 5.32 Å². The van der Waals surface area contributed by atoms with E-state index in [1.54, 1.807) is 12.1 Å². The molecule has 0 aromatic heterocycles. The van der Waals surface area contributed by atoms with E-state index in [1.807, 2.05) is 6.07 Å². The Morgan fingerprint density at radius 2 is 1.94 bits per heavy atom. The summed E-state index contributed by atoms with van der Waals surface area (Å²) in [5, 5.41) is 3.49. The van der Waals surface area contributed by atoms with Gasteiger partial charge < -0.3 is 5.32 Å². The normalized spacial score (nSPS) is 29.0. The summed E-state index contributed by atoms with van der Waals surface area (Å²) < 4.78 is 13.1. The van der Waals surface area contributed by atoms with Gasteiger partial charge in [0.25, 0.3) is 0 Å². The Balaban J connectivity index is 1.60. The van der Waals surface area contributed by atoms with Crippen LogP contribution in [0.3, 0.4) is 0 Å². The van der Waals surface area contributed by atoms with E-state index in [0.29, 0.717) is 6.04 Å². The van der Waals surface area contributed by atoms with Gasteiger partial charge in [-0.25, -0.2) is 4.39 Å². The summed E-state index contributed by atoms with van der Waals surface area (Å²) in [6, 6.07) is 7.39. The Bertz CT molecular complexity index is 386. The molecule has 2 fully saturated rings. The summed E-state index contributed by atoms with van der Waals surface area (Å²) >= 11 is 0. The topological polar surface area (TPSA) is 12.0 Å². The van der Waals surface area contributed by atoms with Crippen LogP contribution in [0.25, 0.3) is 0 Å². The van der Waals surface area contributed by atoms with Crippen LogP contribution in [0, 0.1) is 17.7 Å². The highest BCUT2D eigenvalue weighted by Gasteiger charge is 2.34. The van der Waals surface area contributed by atoms with E-state index >= 15 is 0 Å². The predicted molar refractivity (Wildman–Crippen MR) is 68.5 cm³/mol. The van der Waals surface area contributed by atoms with Crippen molar-refractivity contribution in [2.24, 2.45) is 11.8 Å². The van der Waals surface area contributed by atoms with Gasteiger partial charge in [0.1, 0.15) is 5.82 Å². The second-order valence-corrected chi connectivity index (χ2v) is 5.62. The van der Waals surface area contributed by atoms with Crippen molar-refractivity contribution in [1.82, 2.24) is 0 Å². The molecule has 1 N–H and O–H groups in total. The largest absolute Gasteiger partial charge is 0.382 e. The monoisotopic (exact) mass is 233 g/mol. The molecule has 0 aliphatic heterocycles. The first-order valence-corrected chi connectivity index (χ1v) is 6.83. The van der Waals surface area contributed by atoms with Gasteiger partial charge in [0.05, 0.1) is 0 Å². The van der Waals surface area contributed by atoms with Crippen LogP contribution in [0.15, 0.2) is 24.3 Å². The highest BCUT2D eigenvalue weighted by Crippen LogP contribution is 2.44. The molecule has 2 heteroatoms. The Kier molecular flexibility index (Phi) is 3.04. The molecule has 1 nitrogen and oxygen atoms in total. The smallest absolute Gasteiger partial charge is 0.125 e. The molecule has 0 bridgehead atoms. The Hall–Kier alpha value is -1.05. The highest BCUT2D eigenvalue weighted by molar-refractivity contribution is 5.44. The average molecular weight is 233 g/mol. The molecule has 2 saturated carbocycles. The van der Waals surface area contributed by atoms with Gasteiger partial charge in [0.15, 0.2) is 0 Å². The lowest BCUT2D eigenvalue weighted by molar-refractivity contribution is 0.303. The molecule has 0 heterocycles. The summed E-state index contributed by atoms with van der Waals surface area (Å²) in [7, 11) is 0. The molecule has 0 saturated heterocycles. The van der Waals surface area contributed by atoms with Crippen molar-refractivity contribution in [3.05, 3.63) is 30.1 Å². The number of hydrogen-bond acceptors (Lipinski definition) is 1. The maximum Gasteiger partial charge on any atom is 0.125 e. The van der Waals surface area contributed by atoms with Gasteiger partial charge >= 0.3 is 0 Å². The minimum absolute atomic E-state index is 0.149. The van der Waals surface area contributed by atoms with Gasteiger partial charge in [-0.2, -0.15) is 0 Å². The lowest BCUT2D eigenvalue weighted by Gasteiger charge is -2.30. The van der Waals surface area contributed by atoms with Crippen molar-refractivity contribution >= 4 is 5.69 Å². The standard InChI is InChI=1S/C15H20FN/c16-13-4-2-6-15(10-13)17-14-5-1-3-12(9-14)11-7-8-11/h2,4,6,10-12,14,17H,1,3,5,7-9H2. The second kappa shape index (κ2) is 4.67. The average Bonchev–Trinajstić information content (AvgIpc) is 3.13. The van der Waals surface area contributed by atoms with Crippen molar-refractivity contribution in [2.45, 2.75) is 44.6 Å². The number of nitrogens with one attached hydrogen (secondary N) is 1. The number of rotatable bonds is 3. The molecule has 2 unspecified atom stereocenters. The van der Waals surface area contributed by atoms with E-state index in [1.165, 1.54) is 44.6 Å². The third-order valence-electron chi connectivity index (χ3n) is 4.20. The fourth-order valence-electron chi connectivity index (χ4n) is 3.17. The summed E-state index contributed by atoms with van der Waals surface area (Å²) in [6.07, 6.45) is 8.13. The van der Waals surface area contributed by atoms with Crippen molar-refractivity contribution in [3.8, 4) is 0 Å². The first kappa shape index (κ1) is 11.1. The zero-order valence-corrected chi connectivity index (χ0v) is 10.2. The van der Waals surface area contributed by atoms with Crippen LogP contribution in [0.4, 0.5) is 10.1 Å². The van der Waals surface area contributed by atoms with Gasteiger partial charge in [-0.1, -0.05) is 18.9 Å². The fraction of sp³-hybridized carbons (Fsp3) is 0.600. The molecule has 2 aliphatic carbocycles. The van der Waals surface area contributed by atoms with Crippen molar-refractivity contribution < 1.29 is 4.39 Å². The number of halogens is 1. The van der Waals surface area contributed by atoms with Crippen molar-refractivity contribution in [3.63, 3.8) is 0 Å². The third kappa shape index (κ3) is 2.80. The lowest BCUT2D eigenvalue weighted by atomic mass is 9.82. The van der Waals surface area contributed by atoms with E-state index in [-0.39, 0.29) is 5.82 Å². The highest BCUT2D eigenvalue weighted by atomic mass is 19.1. The zero-order chi connectivity index (χ0) is 11.7. The predicted octanol–water partition coefficient (Wildman–Crippen LogP) is 4.21. The number of anilines is 1. The number of hydrogen-bond donors (Lipinski definition) is 1. The van der Waals surface area contributed by atoms with Gasteiger partial charge in [0, 0.05) is 11.7 Å². The minimum atomic E-state index is -0.149. The van der Waals surface area contributed by atoms with E-state index in [0.717, 1.165) is 17.5 Å². The van der Waals surface area contributed by atoms with Gasteiger partial charge in [-0.3, -0.25) is 0 Å². The molecule has 0 amide bonds. The quantitative estimate of drug-likeness (QED) is 0.824. The molecule has 0 radical (unpaired) electrons. The Morgan fingerprint density at radius 1 is 1.06 bits per heavy atom. The van der Waals surface area contributed by atoms with Crippen LogP contribution in [0.2, 0.25) is 0 Å².